The molecule has 1 aromatic carbocycles. The molecule has 0 radical (unpaired) electrons. The molecule has 2 unspecified atom stereocenters. The highest BCUT2D eigenvalue weighted by atomic mass is 16.4. The lowest BCUT2D eigenvalue weighted by molar-refractivity contribution is 0.138. The van der Waals surface area contributed by atoms with Crippen LogP contribution in [-0.2, 0) is 26.2 Å². The van der Waals surface area contributed by atoms with Crippen LogP contribution in [0.2, 0.25) is 0 Å². The van der Waals surface area contributed by atoms with Crippen LogP contribution in [0.15, 0.2) is 67.0 Å². The maximum atomic E-state index is 11.7. The lowest BCUT2D eigenvalue weighted by Gasteiger charge is -2.33. The normalized spacial score (nSPS) is 17.7. The summed E-state index contributed by atoms with van der Waals surface area (Å²) >= 11 is 0. The molecule has 4 N–H and O–H groups in total. The first-order chi connectivity index (χ1) is 17.1. The maximum absolute atomic E-state index is 11.7. The number of pyridine rings is 2. The van der Waals surface area contributed by atoms with Crippen LogP contribution in [0, 0.1) is 0 Å². The van der Waals surface area contributed by atoms with Gasteiger partial charge in [-0.05, 0) is 48.2 Å². The van der Waals surface area contributed by atoms with Crippen LogP contribution in [0.4, 0.5) is 4.79 Å². The van der Waals surface area contributed by atoms with Gasteiger partial charge in [0.1, 0.15) is 11.4 Å². The quantitative estimate of drug-likeness (QED) is 0.350. The van der Waals surface area contributed by atoms with Gasteiger partial charge in [0, 0.05) is 44.1 Å². The molecule has 0 bridgehead atoms. The van der Waals surface area contributed by atoms with Gasteiger partial charge in [0.2, 0.25) is 0 Å². The molecule has 3 aromatic rings. The van der Waals surface area contributed by atoms with Crippen LogP contribution in [0.1, 0.15) is 48.2 Å². The number of nitrogens with zero attached hydrogens (tertiary/aromatic N) is 3. The Kier molecular flexibility index (Phi) is 8.64. The van der Waals surface area contributed by atoms with E-state index in [1.807, 2.05) is 48.7 Å². The highest BCUT2D eigenvalue weighted by Crippen LogP contribution is 2.20. The topological polar surface area (TPSA) is 111 Å². The van der Waals surface area contributed by atoms with Gasteiger partial charge in [0.05, 0.1) is 12.2 Å². The van der Waals surface area contributed by atoms with E-state index in [0.29, 0.717) is 17.8 Å². The van der Waals surface area contributed by atoms with Gasteiger partial charge in [-0.2, -0.15) is 0 Å². The predicted molar refractivity (Wildman–Crippen MR) is 134 cm³/mol. The molecule has 1 fully saturated rings. The van der Waals surface area contributed by atoms with E-state index in [2.05, 4.69) is 20.6 Å². The van der Waals surface area contributed by atoms with Crippen LogP contribution in [0.25, 0.3) is 0 Å². The fourth-order valence-corrected chi connectivity index (χ4v) is 4.51. The molecule has 4 rings (SSSR count). The van der Waals surface area contributed by atoms with Crippen LogP contribution >= 0.6 is 0 Å². The molecule has 8 nitrogen and oxygen atoms in total. The van der Waals surface area contributed by atoms with Gasteiger partial charge in [0.25, 0.3) is 0 Å². The number of carbonyl (C=O) groups is 1. The monoisotopic (exact) mass is 475 g/mol. The van der Waals surface area contributed by atoms with Crippen molar-refractivity contribution in [2.75, 3.05) is 0 Å². The van der Waals surface area contributed by atoms with Crippen LogP contribution in [0.3, 0.4) is 0 Å². The second-order valence-corrected chi connectivity index (χ2v) is 9.00. The number of rotatable bonds is 10. The van der Waals surface area contributed by atoms with Crippen molar-refractivity contribution in [2.24, 2.45) is 0 Å². The lowest BCUT2D eigenvalue weighted by Crippen LogP contribution is -2.49. The Morgan fingerprint density at radius 2 is 1.54 bits per heavy atom. The number of carboxylic acid groups (broad SMARTS) is 1. The Labute approximate surface area is 206 Å². The highest BCUT2D eigenvalue weighted by molar-refractivity contribution is 5.65. The number of benzene rings is 1. The van der Waals surface area contributed by atoms with Gasteiger partial charge < -0.3 is 20.8 Å². The summed E-state index contributed by atoms with van der Waals surface area (Å²) in [5.41, 5.74) is 3.45. The van der Waals surface area contributed by atoms with E-state index in [0.717, 1.165) is 42.8 Å². The van der Waals surface area contributed by atoms with E-state index in [4.69, 9.17) is 0 Å². The first-order valence-electron chi connectivity index (χ1n) is 12.1. The third kappa shape index (κ3) is 7.24. The fraction of sp³-hybridized carbons (Fsp3) is 0.370. The molecule has 8 heteroatoms. The number of nitrogens with one attached hydrogen (secondary N) is 2. The van der Waals surface area contributed by atoms with Crippen LogP contribution in [0.5, 0.6) is 5.75 Å². The number of aromatic nitrogens is 2. The van der Waals surface area contributed by atoms with E-state index in [1.54, 1.807) is 12.3 Å². The predicted octanol–water partition coefficient (Wildman–Crippen LogP) is 4.05. The SMILES string of the molecule is O=C(O)N(Cc1ccc(CNC2CCCCC2NCc2ccccn2)cc1)Cc1ncccc1O. The van der Waals surface area contributed by atoms with Crippen LogP contribution in [-0.4, -0.2) is 43.3 Å². The van der Waals surface area contributed by atoms with Gasteiger partial charge in [-0.1, -0.05) is 43.2 Å². The summed E-state index contributed by atoms with van der Waals surface area (Å²) in [5.74, 6) is -0.00397. The first-order valence-corrected chi connectivity index (χ1v) is 12.1. The molecule has 184 valence electrons. The third-order valence-electron chi connectivity index (χ3n) is 6.48. The van der Waals surface area contributed by atoms with Gasteiger partial charge in [-0.15, -0.1) is 0 Å². The number of amides is 1. The third-order valence-corrected chi connectivity index (χ3v) is 6.48. The number of hydrogen-bond acceptors (Lipinski definition) is 6. The summed E-state index contributed by atoms with van der Waals surface area (Å²) in [5, 5.41) is 26.9. The van der Waals surface area contributed by atoms with Crippen molar-refractivity contribution in [3.8, 4) is 5.75 Å². The van der Waals surface area contributed by atoms with E-state index in [9.17, 15) is 15.0 Å². The van der Waals surface area contributed by atoms with E-state index in [-0.39, 0.29) is 18.8 Å². The average Bonchev–Trinajstić information content (AvgIpc) is 2.89. The molecular formula is C27H33N5O3. The molecule has 1 saturated carbocycles. The summed E-state index contributed by atoms with van der Waals surface area (Å²) in [6, 6.07) is 17.9. The van der Waals surface area contributed by atoms with Crippen molar-refractivity contribution < 1.29 is 15.0 Å². The van der Waals surface area contributed by atoms with Crippen molar-refractivity contribution in [2.45, 2.75) is 63.9 Å². The first kappa shape index (κ1) is 24.6. The minimum absolute atomic E-state index is 0.00397. The van der Waals surface area contributed by atoms with Crippen LogP contribution < -0.4 is 10.6 Å². The zero-order valence-electron chi connectivity index (χ0n) is 19.8. The molecule has 1 aliphatic rings. The second kappa shape index (κ2) is 12.3. The molecule has 1 aliphatic carbocycles. The summed E-state index contributed by atoms with van der Waals surface area (Å²) in [6.45, 7) is 1.78. The molecule has 1 amide bonds. The van der Waals surface area contributed by atoms with Gasteiger partial charge >= 0.3 is 6.09 Å². The van der Waals surface area contributed by atoms with Crippen molar-refractivity contribution >= 4 is 6.09 Å². The maximum Gasteiger partial charge on any atom is 0.407 e. The molecule has 2 aromatic heterocycles. The fourth-order valence-electron chi connectivity index (χ4n) is 4.51. The molecule has 2 atom stereocenters. The van der Waals surface area contributed by atoms with Crippen molar-refractivity contribution in [1.82, 2.24) is 25.5 Å². The Hall–Kier alpha value is -3.49. The molecule has 0 aliphatic heterocycles. The van der Waals surface area contributed by atoms with Crippen molar-refractivity contribution in [3.05, 3.63) is 89.5 Å². The molecule has 0 spiro atoms. The zero-order chi connectivity index (χ0) is 24.5. The van der Waals surface area contributed by atoms with Gasteiger partial charge in [0.15, 0.2) is 0 Å². The minimum Gasteiger partial charge on any atom is -0.506 e. The van der Waals surface area contributed by atoms with Gasteiger partial charge in [-0.3, -0.25) is 14.9 Å². The summed E-state index contributed by atoms with van der Waals surface area (Å²) in [4.78, 5) is 21.5. The molecule has 2 heterocycles. The molecular weight excluding hydrogens is 442 g/mol. The van der Waals surface area contributed by atoms with E-state index in [1.165, 1.54) is 23.8 Å². The second-order valence-electron chi connectivity index (χ2n) is 9.00. The smallest absolute Gasteiger partial charge is 0.407 e. The Morgan fingerprint density at radius 1 is 0.857 bits per heavy atom. The summed E-state index contributed by atoms with van der Waals surface area (Å²) in [6.07, 6.45) is 7.09. The Balaban J connectivity index is 1.30. The number of aromatic hydroxyl groups is 1. The van der Waals surface area contributed by atoms with Gasteiger partial charge in [-0.25, -0.2) is 4.79 Å². The van der Waals surface area contributed by atoms with Crippen molar-refractivity contribution in [3.63, 3.8) is 0 Å². The standard InChI is InChI=1S/C27H33N5O3/c33-26-9-5-15-29-25(26)19-32(27(34)35)18-21-12-10-20(11-13-21)16-30-23-7-1-2-8-24(23)31-17-22-6-3-4-14-28-22/h3-6,9-15,23-24,30-31,33H,1-2,7-8,16-19H2,(H,34,35). The van der Waals surface area contributed by atoms with E-state index < -0.39 is 6.09 Å². The largest absolute Gasteiger partial charge is 0.506 e. The van der Waals surface area contributed by atoms with Crippen molar-refractivity contribution in [1.29, 1.82) is 0 Å². The average molecular weight is 476 g/mol. The Morgan fingerprint density at radius 3 is 2.20 bits per heavy atom. The summed E-state index contributed by atoms with van der Waals surface area (Å²) in [7, 11) is 0. The molecule has 0 saturated heterocycles. The minimum atomic E-state index is -1.05. The lowest BCUT2D eigenvalue weighted by atomic mass is 9.90. The zero-order valence-corrected chi connectivity index (χ0v) is 19.8. The Bertz CT molecular complexity index is 1080. The summed E-state index contributed by atoms with van der Waals surface area (Å²) < 4.78 is 0. The number of hydrogen-bond donors (Lipinski definition) is 4. The van der Waals surface area contributed by atoms with E-state index >= 15 is 0 Å². The molecule has 35 heavy (non-hydrogen) atoms. The highest BCUT2D eigenvalue weighted by Gasteiger charge is 2.24.